The van der Waals surface area contributed by atoms with E-state index in [-0.39, 0.29) is 12.6 Å². The summed E-state index contributed by atoms with van der Waals surface area (Å²) in [6.07, 6.45) is 11.6. The van der Waals surface area contributed by atoms with E-state index in [0.29, 0.717) is 24.0 Å². The summed E-state index contributed by atoms with van der Waals surface area (Å²) in [5.74, 6) is 0.673. The number of hydrogen-bond donors (Lipinski definition) is 1. The highest BCUT2D eigenvalue weighted by molar-refractivity contribution is 5.91. The van der Waals surface area contributed by atoms with Gasteiger partial charge in [0.15, 0.2) is 0 Å². The van der Waals surface area contributed by atoms with Gasteiger partial charge in [0, 0.05) is 6.61 Å². The van der Waals surface area contributed by atoms with E-state index in [1.54, 1.807) is 12.2 Å². The van der Waals surface area contributed by atoms with Crippen LogP contribution in [0.25, 0.3) is 0 Å². The average Bonchev–Trinajstić information content (AvgIpc) is 2.59. The molecule has 0 aromatic carbocycles. The molecule has 4 heteroatoms. The maximum atomic E-state index is 11.7. The molecule has 0 aromatic heterocycles. The first-order valence-corrected chi connectivity index (χ1v) is 9.01. The summed E-state index contributed by atoms with van der Waals surface area (Å²) in [4.78, 5) is 20.6. The second kappa shape index (κ2) is 17.9. The highest BCUT2D eigenvalue weighted by Gasteiger charge is 2.21. The molecule has 1 aliphatic rings. The predicted molar refractivity (Wildman–Crippen MR) is 99.8 cm³/mol. The van der Waals surface area contributed by atoms with Crippen molar-refractivity contribution in [3.05, 3.63) is 23.8 Å². The van der Waals surface area contributed by atoms with Crippen molar-refractivity contribution < 1.29 is 19.4 Å². The van der Waals surface area contributed by atoms with Crippen molar-refractivity contribution >= 4 is 12.3 Å². The van der Waals surface area contributed by atoms with Crippen LogP contribution in [0.5, 0.6) is 0 Å². The number of aliphatic hydroxyl groups is 1. The minimum atomic E-state index is -0.236. The first kappa shape index (κ1) is 24.8. The van der Waals surface area contributed by atoms with Crippen LogP contribution in [-0.2, 0) is 14.3 Å². The van der Waals surface area contributed by atoms with Crippen molar-refractivity contribution in [2.24, 2.45) is 11.8 Å². The van der Waals surface area contributed by atoms with Gasteiger partial charge < -0.3 is 14.6 Å². The van der Waals surface area contributed by atoms with Crippen LogP contribution in [0.4, 0.5) is 0 Å². The van der Waals surface area contributed by atoms with Gasteiger partial charge in [0.2, 0.25) is 0 Å². The lowest BCUT2D eigenvalue weighted by atomic mass is 9.83. The maximum absolute atomic E-state index is 11.7. The van der Waals surface area contributed by atoms with Crippen molar-refractivity contribution in [2.45, 2.75) is 66.7 Å². The fourth-order valence-electron chi connectivity index (χ4n) is 2.32. The molecule has 0 saturated heterocycles. The number of carbonyl (C=O) groups is 2. The quantitative estimate of drug-likeness (QED) is 0.347. The predicted octanol–water partition coefficient (Wildman–Crippen LogP) is 4.47. The Bertz CT molecular complexity index is 364. The molecule has 0 spiro atoms. The molecule has 1 rings (SSSR count). The Balaban J connectivity index is 0. The van der Waals surface area contributed by atoms with E-state index in [1.165, 1.54) is 13.3 Å². The number of allylic oxidation sites excluding steroid dienone is 2. The van der Waals surface area contributed by atoms with Gasteiger partial charge in [0.25, 0.3) is 0 Å². The molecule has 1 saturated carbocycles. The smallest absolute Gasteiger partial charge is 0.337 e. The van der Waals surface area contributed by atoms with Gasteiger partial charge in [-0.1, -0.05) is 38.5 Å². The number of carbonyl (C=O) groups excluding carboxylic acids is 2. The second-order valence-corrected chi connectivity index (χ2v) is 5.85. The summed E-state index contributed by atoms with van der Waals surface area (Å²) in [5.41, 5.74) is 0.613. The molecule has 1 N–H and O–H groups in total. The molecule has 24 heavy (non-hydrogen) atoms. The zero-order valence-corrected chi connectivity index (χ0v) is 16.1. The van der Waals surface area contributed by atoms with Crippen LogP contribution in [0.1, 0.15) is 66.7 Å². The minimum absolute atomic E-state index is 0.236. The maximum Gasteiger partial charge on any atom is 0.337 e. The average molecular weight is 341 g/mol. The number of aliphatic hydroxyl groups excluding tert-OH is 1. The van der Waals surface area contributed by atoms with Gasteiger partial charge in [-0.3, -0.25) is 0 Å². The standard InChI is InChI=1S/C15H24O3.C3H8.C2H4O/c1-3-5-14(4-2)15(17)18-11-13-8-6-12(10-16)7-9-13;1-3-2;1-2-3/h3-5,12-13,16H,6-11H2,1-2H3;3H2,1-2H3;2H,1H3/b5-3-,14-4+;;. The van der Waals surface area contributed by atoms with E-state index >= 15 is 0 Å². The number of ether oxygens (including phenoxy) is 1. The van der Waals surface area contributed by atoms with E-state index in [9.17, 15) is 4.79 Å². The van der Waals surface area contributed by atoms with Gasteiger partial charge in [-0.05, 0) is 58.3 Å². The minimum Gasteiger partial charge on any atom is -0.462 e. The van der Waals surface area contributed by atoms with E-state index in [0.717, 1.165) is 32.0 Å². The fourth-order valence-corrected chi connectivity index (χ4v) is 2.32. The summed E-state index contributed by atoms with van der Waals surface area (Å²) in [5, 5.41) is 9.06. The van der Waals surface area contributed by atoms with Crippen LogP contribution in [0.15, 0.2) is 23.8 Å². The third kappa shape index (κ3) is 13.1. The van der Waals surface area contributed by atoms with E-state index < -0.39 is 0 Å². The third-order valence-electron chi connectivity index (χ3n) is 3.57. The highest BCUT2D eigenvalue weighted by atomic mass is 16.5. The summed E-state index contributed by atoms with van der Waals surface area (Å²) >= 11 is 0. The Labute approximate surface area is 148 Å². The van der Waals surface area contributed by atoms with Crippen molar-refractivity contribution in [1.82, 2.24) is 0 Å². The molecule has 0 bridgehead atoms. The molecular weight excluding hydrogens is 304 g/mol. The summed E-state index contributed by atoms with van der Waals surface area (Å²) in [6, 6.07) is 0. The molecule has 0 aliphatic heterocycles. The lowest BCUT2D eigenvalue weighted by Gasteiger charge is -2.26. The van der Waals surface area contributed by atoms with Gasteiger partial charge in [-0.15, -0.1) is 0 Å². The Morgan fingerprint density at radius 1 is 1.08 bits per heavy atom. The molecule has 1 fully saturated rings. The zero-order chi connectivity index (χ0) is 18.8. The molecule has 0 radical (unpaired) electrons. The number of hydrogen-bond acceptors (Lipinski definition) is 4. The lowest BCUT2D eigenvalue weighted by molar-refractivity contribution is -0.140. The topological polar surface area (TPSA) is 63.6 Å². The van der Waals surface area contributed by atoms with Gasteiger partial charge in [-0.25, -0.2) is 4.79 Å². The van der Waals surface area contributed by atoms with Crippen molar-refractivity contribution in [3.63, 3.8) is 0 Å². The van der Waals surface area contributed by atoms with E-state index in [4.69, 9.17) is 14.6 Å². The molecule has 0 aromatic rings. The van der Waals surface area contributed by atoms with Crippen molar-refractivity contribution in [1.29, 1.82) is 0 Å². The second-order valence-electron chi connectivity index (χ2n) is 5.85. The molecule has 0 amide bonds. The lowest BCUT2D eigenvalue weighted by Crippen LogP contribution is -2.22. The van der Waals surface area contributed by atoms with Gasteiger partial charge in [-0.2, -0.15) is 0 Å². The van der Waals surface area contributed by atoms with E-state index in [1.807, 2.05) is 19.9 Å². The Morgan fingerprint density at radius 2 is 1.54 bits per heavy atom. The zero-order valence-electron chi connectivity index (χ0n) is 16.1. The van der Waals surface area contributed by atoms with Crippen LogP contribution in [0.3, 0.4) is 0 Å². The molecule has 0 heterocycles. The molecule has 1 aliphatic carbocycles. The Morgan fingerprint density at radius 3 is 1.92 bits per heavy atom. The number of rotatable bonds is 5. The molecular formula is C20H36O4. The first-order valence-electron chi connectivity index (χ1n) is 9.01. The summed E-state index contributed by atoms with van der Waals surface area (Å²) in [7, 11) is 0. The van der Waals surface area contributed by atoms with Crippen LogP contribution in [-0.4, -0.2) is 30.6 Å². The van der Waals surface area contributed by atoms with Crippen molar-refractivity contribution in [3.8, 4) is 0 Å². The van der Waals surface area contributed by atoms with Gasteiger partial charge in [0.05, 0.1) is 12.2 Å². The SMILES string of the molecule is C/C=C\C(=C/C)C(=O)OCC1CCC(CO)CC1.CC=O.CCC. The molecule has 0 unspecified atom stereocenters. The van der Waals surface area contributed by atoms with Crippen molar-refractivity contribution in [2.75, 3.05) is 13.2 Å². The van der Waals surface area contributed by atoms with Crippen LogP contribution < -0.4 is 0 Å². The Hall–Kier alpha value is -1.42. The highest BCUT2D eigenvalue weighted by Crippen LogP contribution is 2.28. The van der Waals surface area contributed by atoms with Gasteiger partial charge in [0.1, 0.15) is 6.29 Å². The largest absolute Gasteiger partial charge is 0.462 e. The Kier molecular flexibility index (Phi) is 18.5. The third-order valence-corrected chi connectivity index (χ3v) is 3.57. The summed E-state index contributed by atoms with van der Waals surface area (Å²) in [6.45, 7) is 10.2. The van der Waals surface area contributed by atoms with Crippen LogP contribution >= 0.6 is 0 Å². The van der Waals surface area contributed by atoms with Crippen LogP contribution in [0.2, 0.25) is 0 Å². The molecule has 0 atom stereocenters. The first-order chi connectivity index (χ1) is 11.5. The number of esters is 1. The number of aldehydes is 1. The van der Waals surface area contributed by atoms with Crippen LogP contribution in [0, 0.1) is 11.8 Å². The van der Waals surface area contributed by atoms with E-state index in [2.05, 4.69) is 13.8 Å². The normalized spacial score (nSPS) is 20.3. The molecule has 140 valence electrons. The monoisotopic (exact) mass is 340 g/mol. The fraction of sp³-hybridized carbons (Fsp3) is 0.700. The van der Waals surface area contributed by atoms with Gasteiger partial charge >= 0.3 is 5.97 Å². The molecule has 4 nitrogen and oxygen atoms in total. The summed E-state index contributed by atoms with van der Waals surface area (Å²) < 4.78 is 5.33.